The summed E-state index contributed by atoms with van der Waals surface area (Å²) in [5, 5.41) is 7.61. The number of nitrogens with one attached hydrogen (secondary N) is 1. The minimum atomic E-state index is -3.93. The molecular formula is C17H21N3O7S3. The summed E-state index contributed by atoms with van der Waals surface area (Å²) in [4.78, 5) is 12.7. The molecule has 0 saturated carbocycles. The summed E-state index contributed by atoms with van der Waals surface area (Å²) in [6, 6.07) is 7.19. The summed E-state index contributed by atoms with van der Waals surface area (Å²) < 4.78 is 60.1. The van der Waals surface area contributed by atoms with Crippen LogP contribution in [0.4, 0.5) is 0 Å². The predicted octanol–water partition coefficient (Wildman–Crippen LogP) is 0.494. The number of rotatable bonds is 7. The molecule has 0 saturated heterocycles. The molecule has 1 aliphatic heterocycles. The van der Waals surface area contributed by atoms with Gasteiger partial charge in [-0.2, -0.15) is 4.31 Å². The van der Waals surface area contributed by atoms with Gasteiger partial charge < -0.3 is 14.8 Å². The van der Waals surface area contributed by atoms with Gasteiger partial charge in [-0.25, -0.2) is 22.0 Å². The van der Waals surface area contributed by atoms with Gasteiger partial charge >= 0.3 is 0 Å². The number of carbonyl (C=O) groups is 1. The molecule has 0 radical (unpaired) electrons. The Labute approximate surface area is 178 Å². The zero-order valence-electron chi connectivity index (χ0n) is 16.0. The molecule has 1 aromatic carbocycles. The lowest BCUT2D eigenvalue weighted by Crippen LogP contribution is -2.38. The first-order chi connectivity index (χ1) is 14.1. The number of benzene rings is 1. The zero-order valence-corrected chi connectivity index (χ0v) is 18.5. The normalized spacial score (nSPS) is 14.4. The van der Waals surface area contributed by atoms with Gasteiger partial charge in [0.1, 0.15) is 4.21 Å². The van der Waals surface area contributed by atoms with E-state index in [-0.39, 0.29) is 15.6 Å². The Morgan fingerprint density at radius 1 is 1.13 bits per heavy atom. The smallest absolute Gasteiger partial charge is 0.247 e. The van der Waals surface area contributed by atoms with E-state index in [1.54, 1.807) is 0 Å². The van der Waals surface area contributed by atoms with Crippen LogP contribution in [0.5, 0.6) is 11.5 Å². The van der Waals surface area contributed by atoms with E-state index in [0.29, 0.717) is 36.0 Å². The fraction of sp³-hybridized carbons (Fsp3) is 0.353. The Balaban J connectivity index is 1.63. The fourth-order valence-corrected chi connectivity index (χ4v) is 5.48. The molecule has 0 fully saturated rings. The summed E-state index contributed by atoms with van der Waals surface area (Å²) in [5.41, 5.74) is 0. The van der Waals surface area contributed by atoms with Gasteiger partial charge in [-0.15, -0.1) is 11.3 Å². The SMILES string of the molecule is CN(CC(=O)NCc1ccc(S(N)(=O)=O)s1)S(=O)(=O)c1ccc2c(c1)OCCCO2. The van der Waals surface area contributed by atoms with Crippen LogP contribution in [0, 0.1) is 0 Å². The predicted molar refractivity (Wildman–Crippen MR) is 109 cm³/mol. The number of ether oxygens (including phenoxy) is 2. The van der Waals surface area contributed by atoms with E-state index >= 15 is 0 Å². The fourth-order valence-electron chi connectivity index (χ4n) is 2.62. The van der Waals surface area contributed by atoms with Gasteiger partial charge in [0.15, 0.2) is 11.5 Å². The zero-order chi connectivity index (χ0) is 21.9. The van der Waals surface area contributed by atoms with Crippen LogP contribution in [0.25, 0.3) is 0 Å². The first-order valence-corrected chi connectivity index (χ1v) is 12.6. The van der Waals surface area contributed by atoms with E-state index < -0.39 is 32.5 Å². The Bertz CT molecular complexity index is 1140. The van der Waals surface area contributed by atoms with Gasteiger partial charge in [0.05, 0.1) is 31.2 Å². The summed E-state index contributed by atoms with van der Waals surface area (Å²) in [6.07, 6.45) is 0.694. The lowest BCUT2D eigenvalue weighted by Gasteiger charge is -2.18. The third-order valence-corrected chi connectivity index (χ3v) is 8.49. The maximum atomic E-state index is 12.8. The standard InChI is InChI=1S/C17H21N3O7S3/c1-20(11-16(21)19-10-12-3-6-17(28-12)29(18,22)23)30(24,25)13-4-5-14-15(9-13)27-8-2-7-26-14/h3-6,9H,2,7-8,10-11H2,1H3,(H,19,21)(H2,18,22,23). The van der Waals surface area contributed by atoms with Crippen molar-refractivity contribution in [3.05, 3.63) is 35.2 Å². The average Bonchev–Trinajstić information content (AvgIpc) is 3.04. The molecule has 3 N–H and O–H groups in total. The van der Waals surface area contributed by atoms with Crippen LogP contribution in [0.1, 0.15) is 11.3 Å². The molecular weight excluding hydrogens is 454 g/mol. The summed E-state index contributed by atoms with van der Waals surface area (Å²) in [7, 11) is -6.44. The third kappa shape index (κ3) is 5.29. The number of hydrogen-bond acceptors (Lipinski definition) is 8. The van der Waals surface area contributed by atoms with E-state index in [0.717, 1.165) is 15.6 Å². The topological polar surface area (TPSA) is 145 Å². The second-order valence-electron chi connectivity index (χ2n) is 6.46. The number of likely N-dealkylation sites (N-methyl/N-ethyl adjacent to an activating group) is 1. The molecule has 0 bridgehead atoms. The molecule has 1 aromatic heterocycles. The molecule has 2 aromatic rings. The highest BCUT2D eigenvalue weighted by Crippen LogP contribution is 2.32. The quantitative estimate of drug-likeness (QED) is 0.593. The van der Waals surface area contributed by atoms with E-state index in [1.165, 1.54) is 37.4 Å². The molecule has 2 heterocycles. The Morgan fingerprint density at radius 3 is 2.50 bits per heavy atom. The maximum absolute atomic E-state index is 12.8. The van der Waals surface area contributed by atoms with Gasteiger partial charge in [-0.3, -0.25) is 4.79 Å². The number of carbonyl (C=O) groups excluding carboxylic acids is 1. The number of nitrogens with two attached hydrogens (primary N) is 1. The van der Waals surface area contributed by atoms with Crippen molar-refractivity contribution in [2.24, 2.45) is 5.14 Å². The summed E-state index contributed by atoms with van der Waals surface area (Å²) >= 11 is 0.933. The minimum Gasteiger partial charge on any atom is -0.490 e. The van der Waals surface area contributed by atoms with Crippen LogP contribution >= 0.6 is 11.3 Å². The van der Waals surface area contributed by atoms with Crippen molar-refractivity contribution in [3.8, 4) is 11.5 Å². The van der Waals surface area contributed by atoms with E-state index in [9.17, 15) is 21.6 Å². The largest absolute Gasteiger partial charge is 0.490 e. The van der Waals surface area contributed by atoms with E-state index in [1.807, 2.05) is 0 Å². The third-order valence-electron chi connectivity index (χ3n) is 4.17. The number of fused-ring (bicyclic) bond motifs is 1. The van der Waals surface area contributed by atoms with Crippen molar-refractivity contribution >= 4 is 37.3 Å². The van der Waals surface area contributed by atoms with Gasteiger partial charge in [-0.1, -0.05) is 0 Å². The molecule has 0 atom stereocenters. The highest BCUT2D eigenvalue weighted by molar-refractivity contribution is 7.91. The van der Waals surface area contributed by atoms with Crippen molar-refractivity contribution in [3.63, 3.8) is 0 Å². The number of sulfonamides is 2. The second kappa shape index (κ2) is 8.89. The molecule has 13 heteroatoms. The highest BCUT2D eigenvalue weighted by Gasteiger charge is 2.25. The summed E-state index contributed by atoms with van der Waals surface area (Å²) in [5.74, 6) is 0.275. The lowest BCUT2D eigenvalue weighted by molar-refractivity contribution is -0.121. The number of primary sulfonamides is 1. The van der Waals surface area contributed by atoms with Crippen LogP contribution in [0.15, 0.2) is 39.4 Å². The number of nitrogens with zero attached hydrogens (tertiary/aromatic N) is 1. The minimum absolute atomic E-state index is 0.0131. The van der Waals surface area contributed by atoms with Crippen molar-refractivity contribution in [1.29, 1.82) is 0 Å². The first kappa shape index (κ1) is 22.5. The first-order valence-electron chi connectivity index (χ1n) is 8.81. The second-order valence-corrected chi connectivity index (χ2v) is 11.5. The van der Waals surface area contributed by atoms with Gasteiger partial charge in [-0.05, 0) is 24.3 Å². The van der Waals surface area contributed by atoms with Crippen molar-refractivity contribution in [2.75, 3.05) is 26.8 Å². The molecule has 0 spiro atoms. The van der Waals surface area contributed by atoms with Crippen molar-refractivity contribution < 1.29 is 31.1 Å². The Morgan fingerprint density at radius 2 is 1.83 bits per heavy atom. The number of thiophene rings is 1. The average molecular weight is 476 g/mol. The molecule has 1 aliphatic rings. The number of hydrogen-bond donors (Lipinski definition) is 2. The monoisotopic (exact) mass is 475 g/mol. The van der Waals surface area contributed by atoms with E-state index in [2.05, 4.69) is 5.32 Å². The maximum Gasteiger partial charge on any atom is 0.247 e. The highest BCUT2D eigenvalue weighted by atomic mass is 32.2. The molecule has 10 nitrogen and oxygen atoms in total. The van der Waals surface area contributed by atoms with Crippen LogP contribution in [-0.2, 0) is 31.4 Å². The molecule has 0 aliphatic carbocycles. The van der Waals surface area contributed by atoms with Crippen LogP contribution < -0.4 is 19.9 Å². The van der Waals surface area contributed by atoms with E-state index in [4.69, 9.17) is 14.6 Å². The Kier molecular flexibility index (Phi) is 6.67. The van der Waals surface area contributed by atoms with Crippen LogP contribution in [-0.4, -0.2) is 53.9 Å². The molecule has 1 amide bonds. The van der Waals surface area contributed by atoms with Crippen molar-refractivity contribution in [2.45, 2.75) is 22.1 Å². The molecule has 30 heavy (non-hydrogen) atoms. The van der Waals surface area contributed by atoms with Gasteiger partial charge in [0.25, 0.3) is 0 Å². The van der Waals surface area contributed by atoms with Gasteiger partial charge in [0.2, 0.25) is 26.0 Å². The number of amides is 1. The Hall–Kier alpha value is -2.19. The molecule has 3 rings (SSSR count). The van der Waals surface area contributed by atoms with Crippen LogP contribution in [0.3, 0.4) is 0 Å². The molecule has 0 unspecified atom stereocenters. The lowest BCUT2D eigenvalue weighted by atomic mass is 10.3. The molecule has 164 valence electrons. The summed E-state index contributed by atoms with van der Waals surface area (Å²) in [6.45, 7) is 0.549. The van der Waals surface area contributed by atoms with Crippen LogP contribution in [0.2, 0.25) is 0 Å². The van der Waals surface area contributed by atoms with Gasteiger partial charge in [0, 0.05) is 24.4 Å². The van der Waals surface area contributed by atoms with Crippen molar-refractivity contribution in [1.82, 2.24) is 9.62 Å².